The van der Waals surface area contributed by atoms with Gasteiger partial charge in [-0.1, -0.05) is 0 Å². The first kappa shape index (κ1) is 10.4. The van der Waals surface area contributed by atoms with Gasteiger partial charge in [-0.25, -0.2) is 13.6 Å². The van der Waals surface area contributed by atoms with Crippen molar-refractivity contribution in [1.82, 2.24) is 4.98 Å². The Morgan fingerprint density at radius 1 is 1.38 bits per heavy atom. The molecule has 0 atom stereocenters. The molecule has 0 radical (unpaired) electrons. The number of hydrogen-bond acceptors (Lipinski definition) is 3. The molecule has 1 aromatic heterocycles. The van der Waals surface area contributed by atoms with Gasteiger partial charge in [-0.05, 0) is 6.07 Å². The van der Waals surface area contributed by atoms with Crippen LogP contribution >= 0.6 is 0 Å². The van der Waals surface area contributed by atoms with Crippen molar-refractivity contribution in [1.29, 1.82) is 0 Å². The molecule has 0 amide bonds. The van der Waals surface area contributed by atoms with E-state index in [9.17, 15) is 18.7 Å². The van der Waals surface area contributed by atoms with Crippen molar-refractivity contribution in [2.24, 2.45) is 0 Å². The Hall–Kier alpha value is -2.11. The average Bonchev–Trinajstić information content (AvgIpc) is 2.56. The molecule has 0 saturated heterocycles. The fourth-order valence-corrected chi connectivity index (χ4v) is 1.42. The summed E-state index contributed by atoms with van der Waals surface area (Å²) in [4.78, 5) is 13.6. The molecule has 2 aromatic rings. The summed E-state index contributed by atoms with van der Waals surface area (Å²) in [6.45, 7) is 0. The highest BCUT2D eigenvalue weighted by atomic mass is 19.2. The molecule has 0 unspecified atom stereocenters. The topological polar surface area (TPSA) is 62.3 Å². The highest BCUT2D eigenvalue weighted by Crippen LogP contribution is 2.30. The average molecular weight is 227 g/mol. The van der Waals surface area contributed by atoms with Crippen molar-refractivity contribution in [3.8, 4) is 5.75 Å². The summed E-state index contributed by atoms with van der Waals surface area (Å²) in [7, 11) is 1.13. The minimum Gasteiger partial charge on any atom is -0.505 e. The molecule has 0 fully saturated rings. The fourth-order valence-electron chi connectivity index (χ4n) is 1.42. The van der Waals surface area contributed by atoms with Gasteiger partial charge in [0.25, 0.3) is 0 Å². The third-order valence-corrected chi connectivity index (χ3v) is 2.20. The number of nitrogens with one attached hydrogen (secondary N) is 1. The summed E-state index contributed by atoms with van der Waals surface area (Å²) < 4.78 is 30.2. The van der Waals surface area contributed by atoms with Crippen molar-refractivity contribution in [2.45, 2.75) is 0 Å². The van der Waals surface area contributed by atoms with E-state index in [0.717, 1.165) is 19.2 Å². The van der Waals surface area contributed by atoms with Gasteiger partial charge >= 0.3 is 5.97 Å². The number of fused-ring (bicyclic) bond motifs is 1. The van der Waals surface area contributed by atoms with Gasteiger partial charge in [0.05, 0.1) is 12.6 Å². The Morgan fingerprint density at radius 2 is 2.00 bits per heavy atom. The zero-order valence-electron chi connectivity index (χ0n) is 8.17. The van der Waals surface area contributed by atoms with Gasteiger partial charge in [-0.3, -0.25) is 0 Å². The second-order valence-corrected chi connectivity index (χ2v) is 3.15. The van der Waals surface area contributed by atoms with Crippen LogP contribution in [0.5, 0.6) is 5.75 Å². The van der Waals surface area contributed by atoms with Gasteiger partial charge in [0, 0.05) is 11.5 Å². The second kappa shape index (κ2) is 3.48. The van der Waals surface area contributed by atoms with Gasteiger partial charge in [0.1, 0.15) is 0 Å². The second-order valence-electron chi connectivity index (χ2n) is 3.15. The predicted molar refractivity (Wildman–Crippen MR) is 51.2 cm³/mol. The van der Waals surface area contributed by atoms with Crippen molar-refractivity contribution in [3.63, 3.8) is 0 Å². The molecule has 0 saturated carbocycles. The van der Waals surface area contributed by atoms with Crippen LogP contribution in [0.15, 0.2) is 12.1 Å². The predicted octanol–water partition coefficient (Wildman–Crippen LogP) is 1.94. The van der Waals surface area contributed by atoms with E-state index in [1.54, 1.807) is 0 Å². The number of aromatic hydroxyl groups is 1. The fraction of sp³-hybridized carbons (Fsp3) is 0.100. The van der Waals surface area contributed by atoms with Crippen LogP contribution in [-0.4, -0.2) is 23.2 Å². The van der Waals surface area contributed by atoms with E-state index < -0.39 is 23.4 Å². The van der Waals surface area contributed by atoms with E-state index in [1.165, 1.54) is 0 Å². The lowest BCUT2D eigenvalue weighted by Crippen LogP contribution is -2.01. The van der Waals surface area contributed by atoms with Gasteiger partial charge in [-0.2, -0.15) is 0 Å². The Bertz CT molecular complexity index is 577. The number of benzene rings is 1. The normalized spacial score (nSPS) is 10.7. The number of methoxy groups -OCH3 is 1. The molecular formula is C10H7F2NO3. The van der Waals surface area contributed by atoms with Crippen LogP contribution in [0, 0.1) is 11.6 Å². The monoisotopic (exact) mass is 227 g/mol. The summed E-state index contributed by atoms with van der Waals surface area (Å²) in [6, 6.07) is 1.67. The van der Waals surface area contributed by atoms with Crippen LogP contribution in [0.3, 0.4) is 0 Å². The molecule has 2 N–H and O–H groups in total. The minimum absolute atomic E-state index is 0.0271. The Morgan fingerprint density at radius 3 is 2.62 bits per heavy atom. The molecule has 4 nitrogen and oxygen atoms in total. The van der Waals surface area contributed by atoms with Gasteiger partial charge in [0.15, 0.2) is 23.1 Å². The minimum atomic E-state index is -1.10. The van der Waals surface area contributed by atoms with Crippen molar-refractivity contribution >= 4 is 16.9 Å². The van der Waals surface area contributed by atoms with E-state index in [1.807, 2.05) is 0 Å². The van der Waals surface area contributed by atoms with Gasteiger partial charge in [-0.15, -0.1) is 0 Å². The maximum atomic E-state index is 12.9. The number of halogens is 2. The van der Waals surface area contributed by atoms with Crippen molar-refractivity contribution in [3.05, 3.63) is 29.5 Å². The molecule has 2 rings (SSSR count). The van der Waals surface area contributed by atoms with E-state index >= 15 is 0 Å². The molecule has 0 aliphatic rings. The summed E-state index contributed by atoms with van der Waals surface area (Å²) >= 11 is 0. The van der Waals surface area contributed by atoms with Crippen LogP contribution in [0.25, 0.3) is 10.9 Å². The summed E-state index contributed by atoms with van der Waals surface area (Å²) in [5.74, 6) is -3.43. The number of aromatic amines is 1. The van der Waals surface area contributed by atoms with E-state index in [4.69, 9.17) is 0 Å². The third kappa shape index (κ3) is 1.39. The summed E-state index contributed by atoms with van der Waals surface area (Å²) in [6.07, 6.45) is 0. The largest absolute Gasteiger partial charge is 0.505 e. The van der Waals surface area contributed by atoms with Crippen molar-refractivity contribution < 1.29 is 23.4 Å². The Kier molecular flexibility index (Phi) is 2.26. The smallest absolute Gasteiger partial charge is 0.358 e. The first-order valence-electron chi connectivity index (χ1n) is 4.32. The van der Waals surface area contributed by atoms with Gasteiger partial charge < -0.3 is 14.8 Å². The molecule has 1 aromatic carbocycles. The molecule has 0 bridgehead atoms. The number of H-pyrrole nitrogens is 1. The molecule has 84 valence electrons. The number of hydrogen-bond donors (Lipinski definition) is 2. The first-order chi connectivity index (χ1) is 7.54. The van der Waals surface area contributed by atoms with E-state index in [2.05, 4.69) is 9.72 Å². The van der Waals surface area contributed by atoms with Crippen LogP contribution in [-0.2, 0) is 4.74 Å². The van der Waals surface area contributed by atoms with Crippen LogP contribution in [0.4, 0.5) is 8.78 Å². The molecule has 1 heterocycles. The Balaban J connectivity index is 2.73. The number of ether oxygens (including phenoxy) is 1. The summed E-state index contributed by atoms with van der Waals surface area (Å²) in [5, 5.41) is 9.61. The maximum absolute atomic E-state index is 12.9. The lowest BCUT2D eigenvalue weighted by Gasteiger charge is -1.95. The van der Waals surface area contributed by atoms with Crippen LogP contribution in [0.1, 0.15) is 10.5 Å². The molecule has 16 heavy (non-hydrogen) atoms. The molecule has 0 aliphatic heterocycles. The van der Waals surface area contributed by atoms with E-state index in [0.29, 0.717) is 0 Å². The quantitative estimate of drug-likeness (QED) is 0.732. The number of esters is 1. The third-order valence-electron chi connectivity index (χ3n) is 2.20. The number of rotatable bonds is 1. The molecule has 6 heteroatoms. The van der Waals surface area contributed by atoms with Crippen molar-refractivity contribution in [2.75, 3.05) is 7.11 Å². The maximum Gasteiger partial charge on any atom is 0.358 e. The highest BCUT2D eigenvalue weighted by Gasteiger charge is 2.19. The highest BCUT2D eigenvalue weighted by molar-refractivity contribution is 6.00. The van der Waals surface area contributed by atoms with E-state index in [-0.39, 0.29) is 16.6 Å². The zero-order valence-corrected chi connectivity index (χ0v) is 8.17. The molecule has 0 spiro atoms. The Labute approximate surface area is 88.5 Å². The molecular weight excluding hydrogens is 220 g/mol. The SMILES string of the molecule is COC(=O)c1[nH]c2cc(F)c(F)cc2c1O. The zero-order chi connectivity index (χ0) is 11.9. The number of carbonyl (C=O) groups excluding carboxylic acids is 1. The molecule has 0 aliphatic carbocycles. The number of aromatic nitrogens is 1. The first-order valence-corrected chi connectivity index (χ1v) is 4.32. The van der Waals surface area contributed by atoms with Gasteiger partial charge in [0.2, 0.25) is 0 Å². The van der Waals surface area contributed by atoms with Crippen LogP contribution < -0.4 is 0 Å². The lowest BCUT2D eigenvalue weighted by molar-refractivity contribution is 0.0592. The number of carbonyl (C=O) groups is 1. The van der Waals surface area contributed by atoms with Crippen LogP contribution in [0.2, 0.25) is 0 Å². The summed E-state index contributed by atoms with van der Waals surface area (Å²) in [5.41, 5.74) is -0.112. The lowest BCUT2D eigenvalue weighted by atomic mass is 10.2. The standard InChI is InChI=1S/C10H7F2NO3/c1-16-10(15)8-9(14)4-2-5(11)6(12)3-7(4)13-8/h2-3,13-14H,1H3.